The van der Waals surface area contributed by atoms with Gasteiger partial charge in [-0.15, -0.1) is 18.3 Å². The Kier molecular flexibility index (Phi) is 4.83. The molecule has 0 fully saturated rings. The molecule has 60 valence electrons. The first-order valence-corrected chi connectivity index (χ1v) is 4.50. The van der Waals surface area contributed by atoms with Gasteiger partial charge in [0.2, 0.25) is 0 Å². The van der Waals surface area contributed by atoms with Crippen molar-refractivity contribution in [2.24, 2.45) is 0 Å². The molecule has 2 heteroatoms. The summed E-state index contributed by atoms with van der Waals surface area (Å²) in [5.74, 6) is 1.01. The van der Waals surface area contributed by atoms with E-state index >= 15 is 0 Å². The molecule has 0 rings (SSSR count). The van der Waals surface area contributed by atoms with Gasteiger partial charge in [0, 0.05) is 17.2 Å². The lowest BCUT2D eigenvalue weighted by Gasteiger charge is -2.17. The molecule has 0 unspecified atom stereocenters. The Morgan fingerprint density at radius 2 is 2.10 bits per heavy atom. The fourth-order valence-electron chi connectivity index (χ4n) is 0.429. The first-order valence-electron chi connectivity index (χ1n) is 3.52. The second kappa shape index (κ2) is 4.80. The molecule has 0 atom stereocenters. The van der Waals surface area contributed by atoms with E-state index in [0.717, 1.165) is 12.4 Å². The maximum absolute atomic E-state index is 3.62. The monoisotopic (exact) mass is 159 g/mol. The minimum atomic E-state index is 0.369. The zero-order valence-electron chi connectivity index (χ0n) is 7.11. The van der Waals surface area contributed by atoms with Crippen LogP contribution in [0, 0.1) is 0 Å². The largest absolute Gasteiger partial charge is 0.304 e. The maximum Gasteiger partial charge on any atom is 0.0425 e. The molecule has 0 saturated heterocycles. The summed E-state index contributed by atoms with van der Waals surface area (Å²) in [4.78, 5) is 0. The van der Waals surface area contributed by atoms with Crippen LogP contribution in [0.2, 0.25) is 0 Å². The smallest absolute Gasteiger partial charge is 0.0425 e. The molecule has 0 aliphatic carbocycles. The van der Waals surface area contributed by atoms with E-state index in [0.29, 0.717) is 4.75 Å². The van der Waals surface area contributed by atoms with Crippen molar-refractivity contribution < 1.29 is 0 Å². The van der Waals surface area contributed by atoms with Crippen LogP contribution in [0.5, 0.6) is 0 Å². The maximum atomic E-state index is 3.62. The summed E-state index contributed by atoms with van der Waals surface area (Å²) in [5.41, 5.74) is 0. The molecule has 0 bridgehead atoms. The summed E-state index contributed by atoms with van der Waals surface area (Å²) in [6.45, 7) is 11.2. The van der Waals surface area contributed by atoms with Gasteiger partial charge in [-0.3, -0.25) is 0 Å². The van der Waals surface area contributed by atoms with Gasteiger partial charge in [0.25, 0.3) is 0 Å². The van der Waals surface area contributed by atoms with E-state index in [2.05, 4.69) is 32.7 Å². The van der Waals surface area contributed by atoms with Crippen molar-refractivity contribution in [2.45, 2.75) is 25.5 Å². The van der Waals surface area contributed by atoms with Crippen LogP contribution in [-0.4, -0.2) is 17.2 Å². The molecule has 0 saturated carbocycles. The van der Waals surface area contributed by atoms with Crippen molar-refractivity contribution in [1.82, 2.24) is 5.32 Å². The van der Waals surface area contributed by atoms with E-state index in [4.69, 9.17) is 0 Å². The van der Waals surface area contributed by atoms with Crippen molar-refractivity contribution in [1.29, 1.82) is 0 Å². The van der Waals surface area contributed by atoms with Gasteiger partial charge in [-0.05, 0) is 0 Å². The average Bonchev–Trinajstić information content (AvgIpc) is 1.78. The zero-order valence-corrected chi connectivity index (χ0v) is 7.92. The molecular weight excluding hydrogens is 142 g/mol. The first-order chi connectivity index (χ1) is 4.56. The lowest BCUT2D eigenvalue weighted by atomic mass is 10.3. The highest BCUT2D eigenvalue weighted by atomic mass is 32.2. The van der Waals surface area contributed by atoms with E-state index in [9.17, 15) is 0 Å². The minimum absolute atomic E-state index is 0.369. The topological polar surface area (TPSA) is 12.0 Å². The van der Waals surface area contributed by atoms with Crippen LogP contribution in [0.4, 0.5) is 0 Å². The van der Waals surface area contributed by atoms with Crippen LogP contribution in [-0.2, 0) is 0 Å². The molecule has 0 spiro atoms. The Balaban J connectivity index is 3.12. The molecule has 0 aliphatic rings. The Hall–Kier alpha value is 0.0500. The Morgan fingerprint density at radius 3 is 2.50 bits per heavy atom. The van der Waals surface area contributed by atoms with Gasteiger partial charge < -0.3 is 5.32 Å². The highest BCUT2D eigenvalue weighted by Crippen LogP contribution is 2.21. The Labute approximate surface area is 68.3 Å². The zero-order chi connectivity index (χ0) is 8.04. The quantitative estimate of drug-likeness (QED) is 0.383. The molecule has 0 aliphatic heterocycles. The molecule has 0 aromatic heterocycles. The Morgan fingerprint density at radius 1 is 1.50 bits per heavy atom. The first kappa shape index (κ1) is 10.0. The second-order valence-electron chi connectivity index (χ2n) is 3.14. The van der Waals surface area contributed by atoms with Gasteiger partial charge in [-0.1, -0.05) is 26.8 Å². The Bertz CT molecular complexity index is 93.9. The van der Waals surface area contributed by atoms with Crippen molar-refractivity contribution in [3.63, 3.8) is 0 Å². The molecule has 0 amide bonds. The summed E-state index contributed by atoms with van der Waals surface area (Å²) in [7, 11) is 0. The normalized spacial score (nSPS) is 11.5. The second-order valence-corrected chi connectivity index (χ2v) is 4.95. The summed E-state index contributed by atoms with van der Waals surface area (Å²) < 4.78 is 0.369. The lowest BCUT2D eigenvalue weighted by Crippen LogP contribution is -2.18. The molecule has 10 heavy (non-hydrogen) atoms. The van der Waals surface area contributed by atoms with Crippen molar-refractivity contribution >= 4 is 11.8 Å². The van der Waals surface area contributed by atoms with Crippen LogP contribution in [0.15, 0.2) is 12.7 Å². The third kappa shape index (κ3) is 8.05. The fourth-order valence-corrected chi connectivity index (χ4v) is 1.08. The van der Waals surface area contributed by atoms with Gasteiger partial charge >= 0.3 is 0 Å². The third-order valence-corrected chi connectivity index (χ3v) is 2.11. The van der Waals surface area contributed by atoms with E-state index in [1.54, 1.807) is 0 Å². The lowest BCUT2D eigenvalue weighted by molar-refractivity contribution is 0.790. The predicted octanol–water partition coefficient (Wildman–Crippen LogP) is 2.25. The van der Waals surface area contributed by atoms with Gasteiger partial charge in [-0.2, -0.15) is 0 Å². The summed E-state index contributed by atoms with van der Waals surface area (Å²) in [6.07, 6.45) is 1.88. The summed E-state index contributed by atoms with van der Waals surface area (Å²) >= 11 is 1.91. The highest BCUT2D eigenvalue weighted by Gasteiger charge is 2.08. The van der Waals surface area contributed by atoms with E-state index in [-0.39, 0.29) is 0 Å². The molecule has 0 aromatic carbocycles. The number of rotatable bonds is 4. The molecular formula is C8H17NS. The van der Waals surface area contributed by atoms with Gasteiger partial charge in [0.1, 0.15) is 0 Å². The number of hydrogen-bond donors (Lipinski definition) is 1. The fraction of sp³-hybridized carbons (Fsp3) is 0.750. The number of thioether (sulfide) groups is 1. The molecule has 1 nitrogen and oxygen atoms in total. The number of nitrogens with one attached hydrogen (secondary N) is 1. The van der Waals surface area contributed by atoms with Crippen LogP contribution in [0.3, 0.4) is 0 Å². The standard InChI is InChI=1S/C8H17NS/c1-5-6-9-7-10-8(2,3)4/h5,9H,1,6-7H2,2-4H3. The molecule has 1 N–H and O–H groups in total. The summed E-state index contributed by atoms with van der Waals surface area (Å²) in [6, 6.07) is 0. The van der Waals surface area contributed by atoms with E-state index in [1.165, 1.54) is 0 Å². The molecule has 0 heterocycles. The predicted molar refractivity (Wildman–Crippen MR) is 50.4 cm³/mol. The van der Waals surface area contributed by atoms with Crippen LogP contribution < -0.4 is 5.32 Å². The van der Waals surface area contributed by atoms with Crippen molar-refractivity contribution in [2.75, 3.05) is 12.4 Å². The molecule has 0 radical (unpaired) electrons. The third-order valence-electron chi connectivity index (χ3n) is 0.896. The highest BCUT2D eigenvalue weighted by molar-refractivity contribution is 8.00. The minimum Gasteiger partial charge on any atom is -0.304 e. The van der Waals surface area contributed by atoms with E-state index < -0.39 is 0 Å². The number of hydrogen-bond acceptors (Lipinski definition) is 2. The molecule has 0 aromatic rings. The van der Waals surface area contributed by atoms with Crippen LogP contribution in [0.1, 0.15) is 20.8 Å². The van der Waals surface area contributed by atoms with Gasteiger partial charge in [0.15, 0.2) is 0 Å². The van der Waals surface area contributed by atoms with Crippen molar-refractivity contribution in [3.05, 3.63) is 12.7 Å². The van der Waals surface area contributed by atoms with Gasteiger partial charge in [-0.25, -0.2) is 0 Å². The van der Waals surface area contributed by atoms with Crippen molar-refractivity contribution in [3.8, 4) is 0 Å². The van der Waals surface area contributed by atoms with Gasteiger partial charge in [0.05, 0.1) is 0 Å². The van der Waals surface area contributed by atoms with Crippen LogP contribution >= 0.6 is 11.8 Å². The van der Waals surface area contributed by atoms with Crippen LogP contribution in [0.25, 0.3) is 0 Å². The average molecular weight is 159 g/mol. The summed E-state index contributed by atoms with van der Waals surface area (Å²) in [5, 5.41) is 3.24. The SMILES string of the molecule is C=CCNCSC(C)(C)C. The van der Waals surface area contributed by atoms with E-state index in [1.807, 2.05) is 17.8 Å².